The zero-order valence-electron chi connectivity index (χ0n) is 13.9. The molecule has 0 saturated carbocycles. The maximum absolute atomic E-state index is 12.8. The number of hydrogen-bond acceptors (Lipinski definition) is 6. The summed E-state index contributed by atoms with van der Waals surface area (Å²) in [5.41, 5.74) is 1.42. The highest BCUT2D eigenvalue weighted by Crippen LogP contribution is 2.31. The number of hydrogen-bond donors (Lipinski definition) is 1. The second-order valence-corrected chi connectivity index (χ2v) is 10.1. The van der Waals surface area contributed by atoms with E-state index in [0.29, 0.717) is 28.7 Å². The molecule has 1 aliphatic rings. The van der Waals surface area contributed by atoms with Gasteiger partial charge in [0, 0.05) is 28.2 Å². The summed E-state index contributed by atoms with van der Waals surface area (Å²) >= 11 is 8.61. The van der Waals surface area contributed by atoms with Gasteiger partial charge in [-0.15, -0.1) is 11.3 Å². The number of anilines is 1. The van der Waals surface area contributed by atoms with Crippen molar-refractivity contribution in [3.8, 4) is 0 Å². The standard InChI is InChI=1S/C17H14ClN3O3S3/c18-12-1-3-13(4-2-12)27(23,24)21-7-5-14-15(9-21)26-17(19-14)20-16(22)11-6-8-25-10-11/h1-4,6,8,10H,5,7,9H2,(H,19,20,22). The van der Waals surface area contributed by atoms with Gasteiger partial charge < -0.3 is 0 Å². The van der Waals surface area contributed by atoms with Gasteiger partial charge in [-0.2, -0.15) is 15.6 Å². The lowest BCUT2D eigenvalue weighted by Gasteiger charge is -2.25. The zero-order valence-corrected chi connectivity index (χ0v) is 17.1. The Bertz CT molecular complexity index is 1080. The van der Waals surface area contributed by atoms with E-state index in [1.54, 1.807) is 23.6 Å². The molecule has 0 aliphatic carbocycles. The average molecular weight is 440 g/mol. The summed E-state index contributed by atoms with van der Waals surface area (Å²) in [5, 5.41) is 7.36. The normalized spacial score (nSPS) is 14.7. The Kier molecular flexibility index (Phi) is 5.04. The number of carbonyl (C=O) groups excluding carboxylic acids is 1. The molecule has 0 unspecified atom stereocenters. The van der Waals surface area contributed by atoms with E-state index in [-0.39, 0.29) is 17.3 Å². The third-order valence-corrected chi connectivity index (χ3v) is 7.94. The highest BCUT2D eigenvalue weighted by atomic mass is 35.5. The van der Waals surface area contributed by atoms with Crippen molar-refractivity contribution >= 4 is 55.3 Å². The highest BCUT2D eigenvalue weighted by molar-refractivity contribution is 7.89. The average Bonchev–Trinajstić information content (AvgIpc) is 3.30. The van der Waals surface area contributed by atoms with Crippen LogP contribution in [0, 0.1) is 0 Å². The molecule has 0 spiro atoms. The summed E-state index contributed by atoms with van der Waals surface area (Å²) in [6.45, 7) is 0.589. The van der Waals surface area contributed by atoms with Gasteiger partial charge in [-0.1, -0.05) is 11.6 Å². The number of nitrogens with zero attached hydrogens (tertiary/aromatic N) is 2. The number of halogens is 1. The van der Waals surface area contributed by atoms with Crippen molar-refractivity contribution in [2.45, 2.75) is 17.9 Å². The van der Waals surface area contributed by atoms with E-state index in [4.69, 9.17) is 11.6 Å². The number of rotatable bonds is 4. The second kappa shape index (κ2) is 7.33. The molecule has 3 heterocycles. The highest BCUT2D eigenvalue weighted by Gasteiger charge is 2.30. The van der Waals surface area contributed by atoms with Crippen molar-refractivity contribution < 1.29 is 13.2 Å². The van der Waals surface area contributed by atoms with Gasteiger partial charge in [0.05, 0.1) is 22.7 Å². The van der Waals surface area contributed by atoms with Gasteiger partial charge in [-0.3, -0.25) is 10.1 Å². The monoisotopic (exact) mass is 439 g/mol. The Morgan fingerprint density at radius 1 is 1.22 bits per heavy atom. The van der Waals surface area contributed by atoms with E-state index in [9.17, 15) is 13.2 Å². The molecule has 0 radical (unpaired) electrons. The van der Waals surface area contributed by atoms with Gasteiger partial charge in [0.2, 0.25) is 10.0 Å². The van der Waals surface area contributed by atoms with E-state index in [2.05, 4.69) is 10.3 Å². The fraction of sp³-hybridized carbons (Fsp3) is 0.176. The van der Waals surface area contributed by atoms with Crippen LogP contribution in [0.25, 0.3) is 0 Å². The quantitative estimate of drug-likeness (QED) is 0.669. The molecule has 0 atom stereocenters. The molecule has 2 aromatic heterocycles. The third kappa shape index (κ3) is 3.78. The molecule has 1 aliphatic heterocycles. The number of nitrogens with one attached hydrogen (secondary N) is 1. The van der Waals surface area contributed by atoms with Crippen LogP contribution in [-0.4, -0.2) is 30.2 Å². The fourth-order valence-electron chi connectivity index (χ4n) is 2.75. The molecule has 0 saturated heterocycles. The van der Waals surface area contributed by atoms with Crippen molar-refractivity contribution in [3.63, 3.8) is 0 Å². The first-order valence-corrected chi connectivity index (χ1v) is 11.6. The van der Waals surface area contributed by atoms with E-state index in [1.165, 1.54) is 39.1 Å². The van der Waals surface area contributed by atoms with E-state index < -0.39 is 10.0 Å². The minimum absolute atomic E-state index is 0.214. The maximum Gasteiger partial charge on any atom is 0.258 e. The SMILES string of the molecule is O=C(Nc1nc2c(s1)CN(S(=O)(=O)c1ccc(Cl)cc1)CC2)c1ccsc1. The van der Waals surface area contributed by atoms with Crippen LogP contribution in [0.2, 0.25) is 5.02 Å². The van der Waals surface area contributed by atoms with E-state index in [1.807, 2.05) is 5.38 Å². The van der Waals surface area contributed by atoms with E-state index >= 15 is 0 Å². The molecule has 4 rings (SSSR count). The van der Waals surface area contributed by atoms with Gasteiger partial charge in [-0.05, 0) is 35.7 Å². The summed E-state index contributed by atoms with van der Waals surface area (Å²) < 4.78 is 27.1. The Hall–Kier alpha value is -1.78. The minimum atomic E-state index is -3.60. The predicted molar refractivity (Wildman–Crippen MR) is 107 cm³/mol. The molecule has 6 nitrogen and oxygen atoms in total. The zero-order chi connectivity index (χ0) is 19.0. The van der Waals surface area contributed by atoms with Crippen molar-refractivity contribution in [3.05, 3.63) is 62.2 Å². The number of thiazole rings is 1. The third-order valence-electron chi connectivity index (χ3n) is 4.15. The molecule has 1 amide bonds. The molecular formula is C17H14ClN3O3S3. The van der Waals surface area contributed by atoms with Gasteiger partial charge in [0.25, 0.3) is 5.91 Å². The van der Waals surface area contributed by atoms with Crippen LogP contribution in [0.1, 0.15) is 20.9 Å². The van der Waals surface area contributed by atoms with Gasteiger partial charge in [-0.25, -0.2) is 13.4 Å². The molecule has 140 valence electrons. The predicted octanol–water partition coefficient (Wildman–Crippen LogP) is 3.86. The van der Waals surface area contributed by atoms with Crippen molar-refractivity contribution in [1.82, 2.24) is 9.29 Å². The Morgan fingerprint density at radius 2 is 2.00 bits per heavy atom. The van der Waals surface area contributed by atoms with Crippen LogP contribution in [0.3, 0.4) is 0 Å². The summed E-state index contributed by atoms with van der Waals surface area (Å²) in [5.74, 6) is -0.215. The molecule has 27 heavy (non-hydrogen) atoms. The van der Waals surface area contributed by atoms with Gasteiger partial charge in [0.1, 0.15) is 0 Å². The Balaban J connectivity index is 1.52. The molecule has 3 aromatic rings. The Labute approximate surface area is 169 Å². The lowest BCUT2D eigenvalue weighted by atomic mass is 10.2. The molecule has 0 bridgehead atoms. The minimum Gasteiger partial charge on any atom is -0.298 e. The smallest absolute Gasteiger partial charge is 0.258 e. The number of carbonyl (C=O) groups is 1. The molecule has 10 heteroatoms. The number of fused-ring (bicyclic) bond motifs is 1. The summed E-state index contributed by atoms with van der Waals surface area (Å²) in [6.07, 6.45) is 0.507. The van der Waals surface area contributed by atoms with Gasteiger partial charge >= 0.3 is 0 Å². The van der Waals surface area contributed by atoms with Crippen LogP contribution < -0.4 is 5.32 Å². The lowest BCUT2D eigenvalue weighted by Crippen LogP contribution is -2.35. The first-order chi connectivity index (χ1) is 12.9. The number of sulfonamides is 1. The molecule has 1 aromatic carbocycles. The maximum atomic E-state index is 12.8. The van der Waals surface area contributed by atoms with E-state index in [0.717, 1.165) is 10.6 Å². The summed E-state index contributed by atoms with van der Waals surface area (Å²) in [7, 11) is -3.60. The molecule has 0 fully saturated rings. The first-order valence-electron chi connectivity index (χ1n) is 8.01. The summed E-state index contributed by atoms with van der Waals surface area (Å²) in [6, 6.07) is 7.88. The van der Waals surface area contributed by atoms with Crippen LogP contribution in [0.5, 0.6) is 0 Å². The van der Waals surface area contributed by atoms with Crippen LogP contribution in [0.15, 0.2) is 46.0 Å². The van der Waals surface area contributed by atoms with Crippen LogP contribution in [0.4, 0.5) is 5.13 Å². The number of thiophene rings is 1. The molecule has 1 N–H and O–H groups in total. The summed E-state index contributed by atoms with van der Waals surface area (Å²) in [4.78, 5) is 17.7. The van der Waals surface area contributed by atoms with Crippen molar-refractivity contribution in [1.29, 1.82) is 0 Å². The lowest BCUT2D eigenvalue weighted by molar-refractivity contribution is 0.102. The van der Waals surface area contributed by atoms with Crippen LogP contribution in [-0.2, 0) is 23.0 Å². The van der Waals surface area contributed by atoms with Crippen molar-refractivity contribution in [2.24, 2.45) is 0 Å². The number of benzene rings is 1. The topological polar surface area (TPSA) is 79.4 Å². The molecular weight excluding hydrogens is 426 g/mol. The fourth-order valence-corrected chi connectivity index (χ4v) is 6.02. The number of aromatic nitrogens is 1. The van der Waals surface area contributed by atoms with Crippen molar-refractivity contribution in [2.75, 3.05) is 11.9 Å². The van der Waals surface area contributed by atoms with Crippen LogP contribution >= 0.6 is 34.3 Å². The van der Waals surface area contributed by atoms with Gasteiger partial charge in [0.15, 0.2) is 5.13 Å². The largest absolute Gasteiger partial charge is 0.298 e. The first kappa shape index (κ1) is 18.6. The number of amides is 1. The second-order valence-electron chi connectivity index (χ2n) is 5.90. The Morgan fingerprint density at radius 3 is 2.70 bits per heavy atom.